The largest absolute Gasteiger partial charge is 0.462 e. The minimum absolute atomic E-state index is 0.198. The molecule has 0 bridgehead atoms. The van der Waals surface area contributed by atoms with Gasteiger partial charge in [0.2, 0.25) is 0 Å². The first-order valence-corrected chi connectivity index (χ1v) is 5.63. The molecule has 1 aromatic heterocycles. The van der Waals surface area contributed by atoms with Crippen molar-refractivity contribution in [2.45, 2.75) is 6.92 Å². The Morgan fingerprint density at radius 3 is 3.00 bits per heavy atom. The lowest BCUT2D eigenvalue weighted by Gasteiger charge is -2.05. The summed E-state index contributed by atoms with van der Waals surface area (Å²) in [4.78, 5) is 11.6. The van der Waals surface area contributed by atoms with E-state index in [0.29, 0.717) is 30.3 Å². The third kappa shape index (κ3) is 3.07. The molecule has 90 valence electrons. The molecular weight excluding hydrogens is 230 g/mol. The molecule has 0 atom stereocenters. The van der Waals surface area contributed by atoms with Gasteiger partial charge in [-0.3, -0.25) is 0 Å². The first-order valence-electron chi connectivity index (χ1n) is 4.85. The van der Waals surface area contributed by atoms with Crippen LogP contribution >= 0.6 is 11.5 Å². The fourth-order valence-electron chi connectivity index (χ4n) is 1.09. The van der Waals surface area contributed by atoms with Crippen molar-refractivity contribution in [3.05, 3.63) is 5.56 Å². The third-order valence-corrected chi connectivity index (χ3v) is 2.61. The molecule has 0 aliphatic carbocycles. The Morgan fingerprint density at radius 1 is 1.62 bits per heavy atom. The van der Waals surface area contributed by atoms with E-state index in [0.717, 1.165) is 11.5 Å². The zero-order chi connectivity index (χ0) is 12.0. The highest BCUT2D eigenvalue weighted by Crippen LogP contribution is 2.27. The van der Waals surface area contributed by atoms with Crippen molar-refractivity contribution in [1.82, 2.24) is 4.37 Å². The number of methoxy groups -OCH3 is 1. The van der Waals surface area contributed by atoms with Crippen LogP contribution in [0.4, 0.5) is 10.8 Å². The summed E-state index contributed by atoms with van der Waals surface area (Å²) in [5.41, 5.74) is 5.91. The average Bonchev–Trinajstić information content (AvgIpc) is 2.61. The molecule has 0 radical (unpaired) electrons. The van der Waals surface area contributed by atoms with Gasteiger partial charge in [-0.25, -0.2) is 4.79 Å². The molecule has 0 amide bonds. The van der Waals surface area contributed by atoms with Crippen molar-refractivity contribution < 1.29 is 14.3 Å². The van der Waals surface area contributed by atoms with Crippen LogP contribution in [0.25, 0.3) is 0 Å². The number of nitrogen functional groups attached to an aromatic ring is 1. The molecule has 0 fully saturated rings. The second kappa shape index (κ2) is 6.29. The third-order valence-electron chi connectivity index (χ3n) is 1.79. The minimum atomic E-state index is -0.450. The van der Waals surface area contributed by atoms with Gasteiger partial charge in [0.25, 0.3) is 0 Å². The predicted molar refractivity (Wildman–Crippen MR) is 62.8 cm³/mol. The lowest BCUT2D eigenvalue weighted by atomic mass is 10.3. The molecule has 3 N–H and O–H groups in total. The van der Waals surface area contributed by atoms with Crippen molar-refractivity contribution in [3.8, 4) is 0 Å². The van der Waals surface area contributed by atoms with E-state index in [4.69, 9.17) is 15.2 Å². The van der Waals surface area contributed by atoms with Crippen molar-refractivity contribution in [1.29, 1.82) is 0 Å². The fraction of sp³-hybridized carbons (Fsp3) is 0.556. The number of esters is 1. The Kier molecular flexibility index (Phi) is 5.00. The molecule has 0 unspecified atom stereocenters. The van der Waals surface area contributed by atoms with Gasteiger partial charge in [-0.15, -0.1) is 0 Å². The number of carbonyl (C=O) groups excluding carboxylic acids is 1. The molecule has 1 rings (SSSR count). The quantitative estimate of drug-likeness (QED) is 0.573. The van der Waals surface area contributed by atoms with Gasteiger partial charge < -0.3 is 20.5 Å². The first-order chi connectivity index (χ1) is 7.70. The molecule has 0 saturated carbocycles. The summed E-state index contributed by atoms with van der Waals surface area (Å²) in [6, 6.07) is 0. The highest BCUT2D eigenvalue weighted by Gasteiger charge is 2.19. The fourth-order valence-corrected chi connectivity index (χ4v) is 1.82. The highest BCUT2D eigenvalue weighted by atomic mass is 32.1. The number of anilines is 2. The van der Waals surface area contributed by atoms with Crippen molar-refractivity contribution in [2.24, 2.45) is 0 Å². The Balaban J connectivity index is 2.73. The number of carbonyl (C=O) groups is 1. The van der Waals surface area contributed by atoms with Crippen LogP contribution in [0.3, 0.4) is 0 Å². The molecule has 7 heteroatoms. The van der Waals surface area contributed by atoms with Gasteiger partial charge in [-0.05, 0) is 18.5 Å². The summed E-state index contributed by atoms with van der Waals surface area (Å²) >= 11 is 1.14. The van der Waals surface area contributed by atoms with E-state index in [9.17, 15) is 4.79 Å². The Hall–Kier alpha value is -1.34. The van der Waals surface area contributed by atoms with E-state index >= 15 is 0 Å². The predicted octanol–water partition coefficient (Wildman–Crippen LogP) is 0.960. The standard InChI is InChI=1S/C9H15N3O3S/c1-3-15-9(13)6-7(10)12-16-8(6)11-4-5-14-2/h11H,3-5H2,1-2H3,(H2,10,12). The summed E-state index contributed by atoms with van der Waals surface area (Å²) in [5.74, 6) is -0.253. The van der Waals surface area contributed by atoms with Gasteiger partial charge in [0.15, 0.2) is 5.82 Å². The summed E-state index contributed by atoms with van der Waals surface area (Å²) < 4.78 is 13.7. The summed E-state index contributed by atoms with van der Waals surface area (Å²) in [6.45, 7) is 3.18. The van der Waals surface area contributed by atoms with Crippen LogP contribution in [-0.4, -0.2) is 37.2 Å². The van der Waals surface area contributed by atoms with Crippen molar-refractivity contribution >= 4 is 28.3 Å². The number of aromatic nitrogens is 1. The molecule has 16 heavy (non-hydrogen) atoms. The number of ether oxygens (including phenoxy) is 2. The first kappa shape index (κ1) is 12.7. The van der Waals surface area contributed by atoms with Crippen LogP contribution in [0.1, 0.15) is 17.3 Å². The molecule has 0 aliphatic heterocycles. The molecule has 6 nitrogen and oxygen atoms in total. The van der Waals surface area contributed by atoms with Crippen LogP contribution in [0.2, 0.25) is 0 Å². The molecule has 1 aromatic rings. The topological polar surface area (TPSA) is 86.5 Å². The van der Waals surface area contributed by atoms with E-state index in [-0.39, 0.29) is 5.82 Å². The van der Waals surface area contributed by atoms with Crippen LogP contribution in [0, 0.1) is 0 Å². The SMILES string of the molecule is CCOC(=O)c1c(N)nsc1NCCOC. The number of nitrogens with zero attached hydrogens (tertiary/aromatic N) is 1. The van der Waals surface area contributed by atoms with Gasteiger partial charge in [0.1, 0.15) is 10.6 Å². The number of nitrogens with two attached hydrogens (primary N) is 1. The zero-order valence-corrected chi connectivity index (χ0v) is 10.1. The van der Waals surface area contributed by atoms with Crippen LogP contribution in [0.15, 0.2) is 0 Å². The average molecular weight is 245 g/mol. The maximum atomic E-state index is 11.6. The molecule has 1 heterocycles. The van der Waals surface area contributed by atoms with Gasteiger partial charge in [0, 0.05) is 13.7 Å². The highest BCUT2D eigenvalue weighted by molar-refractivity contribution is 7.11. The molecule has 0 spiro atoms. The van der Waals surface area contributed by atoms with E-state index in [1.54, 1.807) is 14.0 Å². The van der Waals surface area contributed by atoms with Crippen LogP contribution in [0.5, 0.6) is 0 Å². The van der Waals surface area contributed by atoms with Gasteiger partial charge in [-0.2, -0.15) is 4.37 Å². The number of rotatable bonds is 6. The van der Waals surface area contributed by atoms with Crippen molar-refractivity contribution in [3.63, 3.8) is 0 Å². The maximum Gasteiger partial charge on any atom is 0.344 e. The lowest BCUT2D eigenvalue weighted by Crippen LogP contribution is -2.12. The number of hydrogen-bond acceptors (Lipinski definition) is 7. The molecule has 0 aliphatic rings. The van der Waals surface area contributed by atoms with Gasteiger partial charge >= 0.3 is 5.97 Å². The molecule has 0 saturated heterocycles. The minimum Gasteiger partial charge on any atom is -0.462 e. The Bertz CT molecular complexity index is 354. The number of nitrogens with one attached hydrogen (secondary N) is 1. The smallest absolute Gasteiger partial charge is 0.344 e. The van der Waals surface area contributed by atoms with Crippen LogP contribution in [-0.2, 0) is 9.47 Å². The molecular formula is C9H15N3O3S. The zero-order valence-electron chi connectivity index (χ0n) is 9.28. The number of hydrogen-bond donors (Lipinski definition) is 2. The van der Waals surface area contributed by atoms with E-state index in [2.05, 4.69) is 9.69 Å². The normalized spacial score (nSPS) is 10.1. The monoisotopic (exact) mass is 245 g/mol. The summed E-state index contributed by atoms with van der Waals surface area (Å²) in [7, 11) is 1.61. The summed E-state index contributed by atoms with van der Waals surface area (Å²) in [6.07, 6.45) is 0. The summed E-state index contributed by atoms with van der Waals surface area (Å²) in [5, 5.41) is 3.64. The molecule has 0 aromatic carbocycles. The second-order valence-electron chi connectivity index (χ2n) is 2.91. The van der Waals surface area contributed by atoms with E-state index in [1.807, 2.05) is 0 Å². The van der Waals surface area contributed by atoms with E-state index < -0.39 is 5.97 Å². The Labute approximate surface area is 97.9 Å². The Morgan fingerprint density at radius 2 is 2.38 bits per heavy atom. The lowest BCUT2D eigenvalue weighted by molar-refractivity contribution is 0.0529. The van der Waals surface area contributed by atoms with Crippen LogP contribution < -0.4 is 11.1 Å². The van der Waals surface area contributed by atoms with Crippen molar-refractivity contribution in [2.75, 3.05) is 37.9 Å². The van der Waals surface area contributed by atoms with Gasteiger partial charge in [-0.1, -0.05) is 0 Å². The van der Waals surface area contributed by atoms with E-state index in [1.165, 1.54) is 0 Å². The van der Waals surface area contributed by atoms with Gasteiger partial charge in [0.05, 0.1) is 13.2 Å². The second-order valence-corrected chi connectivity index (χ2v) is 3.69. The maximum absolute atomic E-state index is 11.6.